The molecule has 24 heavy (non-hydrogen) atoms. The first-order valence-corrected chi connectivity index (χ1v) is 7.86. The molecule has 0 saturated carbocycles. The fourth-order valence-corrected chi connectivity index (χ4v) is 3.27. The molecule has 3 unspecified atom stereocenters. The second-order valence-electron chi connectivity index (χ2n) is 6.47. The Hall–Kier alpha value is -2.51. The van der Waals surface area contributed by atoms with E-state index in [1.54, 1.807) is 28.7 Å². The van der Waals surface area contributed by atoms with Crippen molar-refractivity contribution in [1.82, 2.24) is 14.9 Å². The summed E-state index contributed by atoms with van der Waals surface area (Å²) in [4.78, 5) is 41.7. The molecule has 1 aliphatic rings. The second kappa shape index (κ2) is 5.54. The molecular formula is C14H17B3N4O3. The minimum Gasteiger partial charge on any atom is -0.398 e. The summed E-state index contributed by atoms with van der Waals surface area (Å²) in [6.07, 6.45) is 0. The van der Waals surface area contributed by atoms with Crippen LogP contribution in [0.3, 0.4) is 0 Å². The minimum absolute atomic E-state index is 0.310. The predicted molar refractivity (Wildman–Crippen MR) is 100 cm³/mol. The van der Waals surface area contributed by atoms with E-state index in [4.69, 9.17) is 5.73 Å². The van der Waals surface area contributed by atoms with E-state index in [2.05, 4.69) is 10.3 Å². The molecule has 7 nitrogen and oxygen atoms in total. The molecule has 3 atom stereocenters. The quantitative estimate of drug-likeness (QED) is 0.323. The van der Waals surface area contributed by atoms with Crippen LogP contribution < -0.4 is 22.1 Å². The van der Waals surface area contributed by atoms with E-state index in [0.717, 1.165) is 5.46 Å². The predicted octanol–water partition coefficient (Wildman–Crippen LogP) is -3.41. The topological polar surface area (TPSA) is 107 Å². The van der Waals surface area contributed by atoms with E-state index in [9.17, 15) is 14.4 Å². The van der Waals surface area contributed by atoms with Crippen molar-refractivity contribution in [3.05, 3.63) is 28.3 Å². The Morgan fingerprint density at radius 2 is 1.88 bits per heavy atom. The van der Waals surface area contributed by atoms with Crippen molar-refractivity contribution in [3.8, 4) is 0 Å². The third-order valence-electron chi connectivity index (χ3n) is 5.00. The summed E-state index contributed by atoms with van der Waals surface area (Å²) >= 11 is 0. The Kier molecular flexibility index (Phi) is 3.78. The van der Waals surface area contributed by atoms with Gasteiger partial charge in [-0.25, -0.2) is 4.98 Å². The molecule has 0 aliphatic carbocycles. The van der Waals surface area contributed by atoms with Gasteiger partial charge in [0.05, 0.1) is 10.9 Å². The molecule has 2 aromatic rings. The van der Waals surface area contributed by atoms with Gasteiger partial charge in [0.2, 0.25) is 11.8 Å². The van der Waals surface area contributed by atoms with Crippen LogP contribution in [0.4, 0.5) is 5.69 Å². The van der Waals surface area contributed by atoms with Crippen molar-refractivity contribution in [1.29, 1.82) is 0 Å². The number of nitrogens with one attached hydrogen (secondary N) is 1. The lowest BCUT2D eigenvalue weighted by molar-refractivity contribution is -0.135. The van der Waals surface area contributed by atoms with Crippen LogP contribution in [0.15, 0.2) is 16.9 Å². The summed E-state index contributed by atoms with van der Waals surface area (Å²) in [5.41, 5.74) is 7.37. The molecule has 1 aromatic heterocycles. The average molecular weight is 322 g/mol. The maximum atomic E-state index is 13.1. The summed E-state index contributed by atoms with van der Waals surface area (Å²) in [7, 11) is 5.35. The first kappa shape index (κ1) is 16.4. The normalized spacial score (nSPS) is 24.1. The number of imide groups is 1. The maximum Gasteiger partial charge on any atom is 0.264 e. The van der Waals surface area contributed by atoms with Crippen LogP contribution in [0.5, 0.6) is 0 Å². The maximum absolute atomic E-state index is 13.1. The number of nitrogen functional groups attached to an aromatic ring is 1. The zero-order valence-electron chi connectivity index (χ0n) is 14.1. The lowest BCUT2D eigenvalue weighted by atomic mass is 9.61. The van der Waals surface area contributed by atoms with Crippen LogP contribution in [0.1, 0.15) is 11.9 Å². The zero-order valence-corrected chi connectivity index (χ0v) is 14.1. The molecule has 120 valence electrons. The minimum atomic E-state index is -0.790. The Labute approximate surface area is 141 Å². The van der Waals surface area contributed by atoms with Gasteiger partial charge in [0.1, 0.15) is 35.4 Å². The van der Waals surface area contributed by atoms with Gasteiger partial charge in [0.25, 0.3) is 5.56 Å². The number of fused-ring (bicyclic) bond motifs is 1. The van der Waals surface area contributed by atoms with Gasteiger partial charge in [-0.1, -0.05) is 11.5 Å². The number of nitrogens with zero attached hydrogens (tertiary/aromatic N) is 2. The van der Waals surface area contributed by atoms with Crippen LogP contribution in [0, 0.1) is 6.92 Å². The van der Waals surface area contributed by atoms with Crippen LogP contribution in [-0.2, 0) is 9.59 Å². The molecule has 2 heterocycles. The van der Waals surface area contributed by atoms with Gasteiger partial charge in [0, 0.05) is 11.5 Å². The number of rotatable bonds is 1. The lowest BCUT2D eigenvalue weighted by Gasteiger charge is -2.34. The van der Waals surface area contributed by atoms with E-state index in [-0.39, 0.29) is 23.1 Å². The van der Waals surface area contributed by atoms with E-state index >= 15 is 0 Å². The SMILES string of the molecule is Bc1ccc2nc(C)n(C3C(=O)NC(=O)C(B)C3B)c(=O)c2c1N. The summed E-state index contributed by atoms with van der Waals surface area (Å²) < 4.78 is 1.36. The zero-order chi connectivity index (χ0) is 17.8. The first-order valence-electron chi connectivity index (χ1n) is 7.86. The third kappa shape index (κ3) is 2.25. The molecule has 1 aromatic carbocycles. The number of carbonyl (C=O) groups is 2. The Balaban J connectivity index is 2.30. The fourth-order valence-electron chi connectivity index (χ4n) is 3.27. The monoisotopic (exact) mass is 322 g/mol. The third-order valence-corrected chi connectivity index (χ3v) is 5.00. The van der Waals surface area contributed by atoms with Gasteiger partial charge in [0.15, 0.2) is 0 Å². The Bertz CT molecular complexity index is 943. The van der Waals surface area contributed by atoms with Crippen LogP contribution in [-0.4, -0.2) is 44.9 Å². The van der Waals surface area contributed by atoms with E-state index in [0.29, 0.717) is 22.4 Å². The highest BCUT2D eigenvalue weighted by atomic mass is 16.2. The van der Waals surface area contributed by atoms with E-state index in [1.807, 2.05) is 13.9 Å². The smallest absolute Gasteiger partial charge is 0.264 e. The average Bonchev–Trinajstić information content (AvgIpc) is 2.51. The summed E-state index contributed by atoms with van der Waals surface area (Å²) in [5.74, 6) is -1.09. The number of piperidine rings is 1. The largest absolute Gasteiger partial charge is 0.398 e. The van der Waals surface area contributed by atoms with Crippen molar-refractivity contribution >= 4 is 57.4 Å². The second-order valence-corrected chi connectivity index (χ2v) is 6.47. The summed E-state index contributed by atoms with van der Waals surface area (Å²) in [6.45, 7) is 1.68. The molecule has 3 N–H and O–H groups in total. The molecule has 0 radical (unpaired) electrons. The van der Waals surface area contributed by atoms with Crippen molar-refractivity contribution in [2.24, 2.45) is 0 Å². The number of hydrogen-bond acceptors (Lipinski definition) is 5. The van der Waals surface area contributed by atoms with E-state index in [1.165, 1.54) is 4.57 Å². The molecule has 3 rings (SSSR count). The molecule has 0 bridgehead atoms. The lowest BCUT2D eigenvalue weighted by Crippen LogP contribution is -2.50. The number of nitrogens with two attached hydrogens (primary N) is 1. The summed E-state index contributed by atoms with van der Waals surface area (Å²) in [5, 5.41) is 2.65. The highest BCUT2D eigenvalue weighted by Crippen LogP contribution is 2.34. The van der Waals surface area contributed by atoms with Gasteiger partial charge >= 0.3 is 0 Å². The number of hydrogen-bond donors (Lipinski definition) is 2. The van der Waals surface area contributed by atoms with Gasteiger partial charge in [-0.3, -0.25) is 24.3 Å². The van der Waals surface area contributed by atoms with Crippen LogP contribution in [0.25, 0.3) is 10.9 Å². The molecule has 1 aliphatic heterocycles. The van der Waals surface area contributed by atoms with Gasteiger partial charge in [-0.15, -0.1) is 0 Å². The van der Waals surface area contributed by atoms with Gasteiger partial charge in [-0.2, -0.15) is 0 Å². The van der Waals surface area contributed by atoms with Crippen LogP contribution in [0.2, 0.25) is 11.6 Å². The molecule has 0 spiro atoms. The Morgan fingerprint density at radius 3 is 2.54 bits per heavy atom. The first-order chi connectivity index (χ1) is 11.2. The van der Waals surface area contributed by atoms with Crippen molar-refractivity contribution < 1.29 is 9.59 Å². The van der Waals surface area contributed by atoms with Crippen molar-refractivity contribution in [2.45, 2.75) is 24.6 Å². The van der Waals surface area contributed by atoms with Gasteiger partial charge < -0.3 is 5.73 Å². The number of carbonyl (C=O) groups excluding carboxylic acids is 2. The molecule has 2 amide bonds. The summed E-state index contributed by atoms with van der Waals surface area (Å²) in [6, 6.07) is 2.77. The van der Waals surface area contributed by atoms with Crippen LogP contribution >= 0.6 is 0 Å². The molecule has 1 saturated heterocycles. The highest BCUT2D eigenvalue weighted by Gasteiger charge is 2.40. The van der Waals surface area contributed by atoms with Crippen molar-refractivity contribution in [3.63, 3.8) is 0 Å². The standard InChI is InChI=1S/C14H17B3N4O3/c1-4-19-6-3-2-5(15)10(18)7(6)14(24)21(4)11-8(16)9(17)12(22)20-13(11)23/h2-3,8-9,11H,15-18H2,1H3,(H,20,22,23). The highest BCUT2D eigenvalue weighted by molar-refractivity contribution is 6.37. The van der Waals surface area contributed by atoms with E-state index < -0.39 is 11.9 Å². The number of benzene rings is 1. The Morgan fingerprint density at radius 1 is 1.21 bits per heavy atom. The number of aryl methyl sites for hydroxylation is 1. The number of anilines is 1. The molecular weight excluding hydrogens is 305 g/mol. The molecule has 10 heteroatoms. The van der Waals surface area contributed by atoms with Crippen molar-refractivity contribution in [2.75, 3.05) is 5.73 Å². The number of aromatic nitrogens is 2. The fraction of sp³-hybridized carbons (Fsp3) is 0.286. The number of amides is 2. The molecule has 1 fully saturated rings. The van der Waals surface area contributed by atoms with Gasteiger partial charge in [-0.05, 0) is 18.8 Å².